The van der Waals surface area contributed by atoms with Gasteiger partial charge in [0.15, 0.2) is 0 Å². The maximum absolute atomic E-state index is 11.6. The van der Waals surface area contributed by atoms with E-state index in [1.54, 1.807) is 5.57 Å². The molecule has 0 aromatic rings. The van der Waals surface area contributed by atoms with E-state index in [9.17, 15) is 9.90 Å². The van der Waals surface area contributed by atoms with E-state index in [2.05, 4.69) is 61.1 Å². The van der Waals surface area contributed by atoms with E-state index in [1.807, 2.05) is 0 Å². The molecule has 32 heavy (non-hydrogen) atoms. The Morgan fingerprint density at radius 3 is 2.41 bits per heavy atom. The molecule has 2 nitrogen and oxygen atoms in total. The second-order valence-corrected chi connectivity index (χ2v) is 13.5. The van der Waals surface area contributed by atoms with Gasteiger partial charge in [0.1, 0.15) is 0 Å². The van der Waals surface area contributed by atoms with Gasteiger partial charge in [0.05, 0.1) is 0 Å². The molecule has 0 heterocycles. The Balaban J connectivity index is 1.80. The largest absolute Gasteiger partial charge is 0.481 e. The third kappa shape index (κ3) is 3.21. The van der Waals surface area contributed by atoms with Crippen molar-refractivity contribution in [2.75, 3.05) is 0 Å². The quantitative estimate of drug-likeness (QED) is 0.446. The third-order valence-corrected chi connectivity index (χ3v) is 12.1. The van der Waals surface area contributed by atoms with E-state index in [4.69, 9.17) is 0 Å². The Kier molecular flexibility index (Phi) is 5.83. The van der Waals surface area contributed by atoms with Crippen molar-refractivity contribution in [3.8, 4) is 0 Å². The summed E-state index contributed by atoms with van der Waals surface area (Å²) in [5, 5.41) is 9.56. The van der Waals surface area contributed by atoms with Crippen LogP contribution >= 0.6 is 0 Å². The molecule has 0 saturated heterocycles. The van der Waals surface area contributed by atoms with Crippen LogP contribution in [0.4, 0.5) is 0 Å². The van der Waals surface area contributed by atoms with Gasteiger partial charge in [-0.25, -0.2) is 0 Å². The van der Waals surface area contributed by atoms with Crippen LogP contribution in [0.3, 0.4) is 0 Å². The highest BCUT2D eigenvalue weighted by atomic mass is 16.4. The van der Waals surface area contributed by atoms with E-state index in [-0.39, 0.29) is 22.7 Å². The molecule has 0 radical (unpaired) electrons. The molecule has 3 fully saturated rings. The second-order valence-electron chi connectivity index (χ2n) is 13.5. The minimum atomic E-state index is -0.657. The second kappa shape index (κ2) is 7.74. The molecule has 2 heteroatoms. The molecule has 4 aliphatic carbocycles. The number of carbonyl (C=O) groups is 1. The van der Waals surface area contributed by atoms with Gasteiger partial charge in [-0.3, -0.25) is 4.79 Å². The summed E-state index contributed by atoms with van der Waals surface area (Å²) in [6.45, 7) is 21.8. The van der Waals surface area contributed by atoms with Crippen molar-refractivity contribution >= 4 is 5.97 Å². The Morgan fingerprint density at radius 2 is 1.78 bits per heavy atom. The lowest BCUT2D eigenvalue weighted by molar-refractivity contribution is -0.150. The van der Waals surface area contributed by atoms with Crippen LogP contribution in [0, 0.1) is 51.2 Å². The fraction of sp³-hybridized carbons (Fsp3) is 0.833. The molecule has 9 atom stereocenters. The van der Waals surface area contributed by atoms with Gasteiger partial charge in [0.25, 0.3) is 0 Å². The molecule has 180 valence electrons. The Morgan fingerprint density at radius 1 is 1.09 bits per heavy atom. The van der Waals surface area contributed by atoms with Gasteiger partial charge in [-0.05, 0) is 110 Å². The van der Waals surface area contributed by atoms with Crippen molar-refractivity contribution in [3.05, 3.63) is 23.8 Å². The van der Waals surface area contributed by atoms with Crippen LogP contribution in [0.1, 0.15) is 106 Å². The summed E-state index contributed by atoms with van der Waals surface area (Å²) in [6, 6.07) is 0. The van der Waals surface area contributed by atoms with Gasteiger partial charge in [-0.2, -0.15) is 0 Å². The van der Waals surface area contributed by atoms with E-state index in [1.165, 1.54) is 37.7 Å². The van der Waals surface area contributed by atoms with Gasteiger partial charge in [0.2, 0.25) is 0 Å². The van der Waals surface area contributed by atoms with Crippen molar-refractivity contribution in [3.63, 3.8) is 0 Å². The third-order valence-electron chi connectivity index (χ3n) is 12.1. The topological polar surface area (TPSA) is 37.3 Å². The number of hydrogen-bond donors (Lipinski definition) is 1. The molecule has 3 unspecified atom stereocenters. The molecular formula is C30H48O2. The summed E-state index contributed by atoms with van der Waals surface area (Å²) >= 11 is 0. The van der Waals surface area contributed by atoms with Gasteiger partial charge >= 0.3 is 5.97 Å². The fourth-order valence-electron chi connectivity index (χ4n) is 9.76. The smallest absolute Gasteiger partial charge is 0.303 e. The zero-order valence-electron chi connectivity index (χ0n) is 21.9. The first-order valence-electron chi connectivity index (χ1n) is 13.4. The number of hydrogen-bond acceptors (Lipinski definition) is 1. The summed E-state index contributed by atoms with van der Waals surface area (Å²) in [4.78, 5) is 11.6. The van der Waals surface area contributed by atoms with Crippen molar-refractivity contribution in [1.29, 1.82) is 0 Å². The maximum atomic E-state index is 11.6. The van der Waals surface area contributed by atoms with E-state index in [0.29, 0.717) is 23.2 Å². The molecule has 0 aromatic carbocycles. The average molecular weight is 441 g/mol. The zero-order valence-corrected chi connectivity index (χ0v) is 21.9. The number of carboxylic acids is 1. The lowest BCUT2D eigenvalue weighted by Gasteiger charge is -2.69. The molecule has 4 aliphatic rings. The van der Waals surface area contributed by atoms with Gasteiger partial charge in [-0.15, -0.1) is 0 Å². The van der Waals surface area contributed by atoms with E-state index in [0.717, 1.165) is 31.1 Å². The van der Waals surface area contributed by atoms with Crippen LogP contribution in [0.25, 0.3) is 0 Å². The van der Waals surface area contributed by atoms with Crippen molar-refractivity contribution in [2.45, 2.75) is 106 Å². The van der Waals surface area contributed by atoms with Gasteiger partial charge < -0.3 is 5.11 Å². The molecule has 3 saturated carbocycles. The minimum absolute atomic E-state index is 0.00842. The van der Waals surface area contributed by atoms with E-state index >= 15 is 0 Å². The highest BCUT2D eigenvalue weighted by Crippen LogP contribution is 2.74. The van der Waals surface area contributed by atoms with Crippen LogP contribution in [0.15, 0.2) is 23.8 Å². The summed E-state index contributed by atoms with van der Waals surface area (Å²) in [6.07, 6.45) is 12.7. The molecule has 0 bridgehead atoms. The lowest BCUT2D eigenvalue weighted by Crippen LogP contribution is -2.61. The molecular weight excluding hydrogens is 392 g/mol. The standard InChI is InChI=1S/C30H48O2/c1-19(2)22-12-16-30(8)24(28(22,6)15-13-25(31)32)10-9-23-26-21(4)20(3)11-14-27(26,5)17-18-29(23,30)7/h9,20-22,24,26H,1,10-18H2,2-8H3,(H,31,32)/t20-,21+,22?,24?,26?,27-,28+,29-,30-/m1/s1. The monoisotopic (exact) mass is 440 g/mol. The van der Waals surface area contributed by atoms with Crippen LogP contribution in [-0.2, 0) is 4.79 Å². The normalized spacial score (nSPS) is 50.5. The van der Waals surface area contributed by atoms with Crippen LogP contribution in [0.5, 0.6) is 0 Å². The summed E-state index contributed by atoms with van der Waals surface area (Å²) < 4.78 is 0. The minimum Gasteiger partial charge on any atom is -0.481 e. The fourth-order valence-corrected chi connectivity index (χ4v) is 9.76. The average Bonchev–Trinajstić information content (AvgIpc) is 2.70. The highest BCUT2D eigenvalue weighted by molar-refractivity contribution is 5.66. The van der Waals surface area contributed by atoms with Crippen molar-refractivity contribution in [1.82, 2.24) is 0 Å². The first kappa shape index (κ1) is 24.1. The predicted molar refractivity (Wildman–Crippen MR) is 133 cm³/mol. The van der Waals surface area contributed by atoms with Gasteiger partial charge in [0, 0.05) is 6.42 Å². The Bertz CT molecular complexity index is 825. The molecule has 0 aromatic heterocycles. The summed E-state index contributed by atoms with van der Waals surface area (Å²) in [7, 11) is 0. The number of allylic oxidation sites excluding steroid dienone is 3. The molecule has 0 aliphatic heterocycles. The number of rotatable bonds is 4. The molecule has 0 spiro atoms. The molecule has 0 amide bonds. The van der Waals surface area contributed by atoms with Crippen LogP contribution in [-0.4, -0.2) is 11.1 Å². The zero-order chi connectivity index (χ0) is 23.7. The highest BCUT2D eigenvalue weighted by Gasteiger charge is 2.65. The first-order chi connectivity index (χ1) is 14.8. The number of carboxylic acid groups (broad SMARTS) is 1. The molecule has 4 rings (SSSR count). The van der Waals surface area contributed by atoms with Crippen LogP contribution in [0.2, 0.25) is 0 Å². The maximum Gasteiger partial charge on any atom is 0.303 e. The van der Waals surface area contributed by atoms with Gasteiger partial charge in [-0.1, -0.05) is 65.3 Å². The SMILES string of the molecule is C=C(C)C1CC[C@]2(C)C(CC=C3C4[C@@H](C)[C@H](C)CC[C@]4(C)CC[C@]32C)[C@@]1(C)CCC(=O)O. The van der Waals surface area contributed by atoms with Crippen molar-refractivity contribution in [2.24, 2.45) is 51.2 Å². The lowest BCUT2D eigenvalue weighted by atomic mass is 9.35. The number of fused-ring (bicyclic) bond motifs is 5. The molecule has 1 N–H and O–H groups in total. The summed E-state index contributed by atoms with van der Waals surface area (Å²) in [5.74, 6) is 2.58. The number of aliphatic carboxylic acids is 1. The summed E-state index contributed by atoms with van der Waals surface area (Å²) in [5.41, 5.74) is 3.98. The van der Waals surface area contributed by atoms with Crippen LogP contribution < -0.4 is 0 Å². The predicted octanol–water partition coefficient (Wildman–Crippen LogP) is 8.28. The van der Waals surface area contributed by atoms with Crippen molar-refractivity contribution < 1.29 is 9.90 Å². The van der Waals surface area contributed by atoms with E-state index < -0.39 is 5.97 Å². The Labute approximate surface area is 197 Å². The Hall–Kier alpha value is -1.05. The first-order valence-corrected chi connectivity index (χ1v) is 13.4.